The van der Waals surface area contributed by atoms with Gasteiger partial charge in [0.05, 0.1) is 0 Å². The van der Waals surface area contributed by atoms with E-state index in [1.807, 2.05) is 0 Å². The highest BCUT2D eigenvalue weighted by Crippen LogP contribution is 2.12. The first-order chi connectivity index (χ1) is 10.3. The van der Waals surface area contributed by atoms with Gasteiger partial charge in [-0.3, -0.25) is 10.2 Å². The van der Waals surface area contributed by atoms with Crippen LogP contribution in [0.1, 0.15) is 77.6 Å². The van der Waals surface area contributed by atoms with E-state index < -0.39 is 12.1 Å². The number of carbonyl (C=O) groups is 1. The standard InChI is InChI=1S/C17H34N2O2.ClH/c1-2-3-4-5-6-7-8-9-10-11-14-19-15-12-13-18-16(19)17(20)21;/h16,18H,2-15H2,1H3,(H,20,21);1H. The number of nitrogens with zero attached hydrogens (tertiary/aromatic N) is 1. The Balaban J connectivity index is 0.00000441. The molecule has 0 aromatic heterocycles. The zero-order chi connectivity index (χ0) is 15.3. The first kappa shape index (κ1) is 21.7. The van der Waals surface area contributed by atoms with Crippen LogP contribution >= 0.6 is 12.4 Å². The number of halogens is 1. The zero-order valence-electron chi connectivity index (χ0n) is 14.2. The van der Waals surface area contributed by atoms with Crippen LogP contribution < -0.4 is 5.32 Å². The molecule has 1 aliphatic rings. The van der Waals surface area contributed by atoms with Gasteiger partial charge in [0.1, 0.15) is 0 Å². The minimum atomic E-state index is -0.734. The lowest BCUT2D eigenvalue weighted by molar-refractivity contribution is -0.145. The molecule has 1 fully saturated rings. The van der Waals surface area contributed by atoms with Crippen molar-refractivity contribution in [3.05, 3.63) is 0 Å². The molecule has 0 aromatic rings. The second-order valence-electron chi connectivity index (χ2n) is 6.27. The van der Waals surface area contributed by atoms with Crippen LogP contribution in [0.5, 0.6) is 0 Å². The number of unbranched alkanes of at least 4 members (excludes halogenated alkanes) is 9. The third-order valence-electron chi connectivity index (χ3n) is 4.36. The molecule has 0 aliphatic carbocycles. The number of hydrogen-bond donors (Lipinski definition) is 2. The van der Waals surface area contributed by atoms with Crippen molar-refractivity contribution < 1.29 is 9.90 Å². The molecule has 1 unspecified atom stereocenters. The summed E-state index contributed by atoms with van der Waals surface area (Å²) in [5.41, 5.74) is 0. The van der Waals surface area contributed by atoms with Gasteiger partial charge in [-0.15, -0.1) is 12.4 Å². The fourth-order valence-corrected chi connectivity index (χ4v) is 3.07. The highest BCUT2D eigenvalue weighted by atomic mass is 35.5. The van der Waals surface area contributed by atoms with Crippen LogP contribution in [-0.4, -0.2) is 41.8 Å². The van der Waals surface area contributed by atoms with Gasteiger partial charge < -0.3 is 5.11 Å². The Kier molecular flexibility index (Phi) is 14.1. The molecule has 0 amide bonds. The number of carboxylic acid groups (broad SMARTS) is 1. The zero-order valence-corrected chi connectivity index (χ0v) is 15.0. The van der Waals surface area contributed by atoms with E-state index in [1.165, 1.54) is 57.8 Å². The smallest absolute Gasteiger partial charge is 0.335 e. The molecule has 0 radical (unpaired) electrons. The van der Waals surface area contributed by atoms with E-state index in [-0.39, 0.29) is 12.4 Å². The summed E-state index contributed by atoms with van der Waals surface area (Å²) in [7, 11) is 0. The van der Waals surface area contributed by atoms with Crippen molar-refractivity contribution in [2.24, 2.45) is 0 Å². The fourth-order valence-electron chi connectivity index (χ4n) is 3.07. The van der Waals surface area contributed by atoms with E-state index in [4.69, 9.17) is 5.11 Å². The topological polar surface area (TPSA) is 52.6 Å². The molecule has 2 N–H and O–H groups in total. The average molecular weight is 335 g/mol. The van der Waals surface area contributed by atoms with Gasteiger partial charge in [-0.25, -0.2) is 4.79 Å². The van der Waals surface area contributed by atoms with Gasteiger partial charge in [-0.2, -0.15) is 0 Å². The number of carboxylic acids is 1. The summed E-state index contributed by atoms with van der Waals surface area (Å²) in [6, 6.07) is 0. The van der Waals surface area contributed by atoms with Crippen LogP contribution in [0.3, 0.4) is 0 Å². The van der Waals surface area contributed by atoms with Gasteiger partial charge in [-0.1, -0.05) is 64.7 Å². The molecule has 5 heteroatoms. The normalized spacial score (nSPS) is 18.9. The van der Waals surface area contributed by atoms with E-state index in [0.717, 1.165) is 32.5 Å². The molecular weight excluding hydrogens is 300 g/mol. The first-order valence-electron chi connectivity index (χ1n) is 8.96. The molecule has 132 valence electrons. The lowest BCUT2D eigenvalue weighted by Crippen LogP contribution is -2.55. The molecule has 1 heterocycles. The van der Waals surface area contributed by atoms with E-state index in [0.29, 0.717) is 0 Å². The fraction of sp³-hybridized carbons (Fsp3) is 0.941. The predicted molar refractivity (Wildman–Crippen MR) is 94.7 cm³/mol. The van der Waals surface area contributed by atoms with Gasteiger partial charge in [0, 0.05) is 13.1 Å². The summed E-state index contributed by atoms with van der Waals surface area (Å²) in [6.07, 6.45) is 13.8. The van der Waals surface area contributed by atoms with E-state index in [2.05, 4.69) is 17.1 Å². The molecule has 1 aliphatic heterocycles. The first-order valence-corrected chi connectivity index (χ1v) is 8.96. The molecule has 0 spiro atoms. The average Bonchev–Trinajstić information content (AvgIpc) is 2.49. The van der Waals surface area contributed by atoms with Gasteiger partial charge >= 0.3 is 5.97 Å². The highest BCUT2D eigenvalue weighted by molar-refractivity contribution is 5.85. The Morgan fingerprint density at radius 2 is 1.59 bits per heavy atom. The third-order valence-corrected chi connectivity index (χ3v) is 4.36. The lowest BCUT2D eigenvalue weighted by atomic mass is 10.1. The van der Waals surface area contributed by atoms with Crippen LogP contribution in [0.15, 0.2) is 0 Å². The number of rotatable bonds is 12. The molecule has 22 heavy (non-hydrogen) atoms. The van der Waals surface area contributed by atoms with Crippen molar-refractivity contribution >= 4 is 18.4 Å². The van der Waals surface area contributed by atoms with Gasteiger partial charge in [-0.05, 0) is 19.4 Å². The van der Waals surface area contributed by atoms with E-state index >= 15 is 0 Å². The summed E-state index contributed by atoms with van der Waals surface area (Å²) in [5, 5.41) is 12.2. The Labute approximate surface area is 142 Å². The minimum Gasteiger partial charge on any atom is -0.479 e. The van der Waals surface area contributed by atoms with Crippen molar-refractivity contribution in [2.75, 3.05) is 19.6 Å². The Morgan fingerprint density at radius 3 is 2.14 bits per heavy atom. The van der Waals surface area contributed by atoms with Crippen molar-refractivity contribution in [3.8, 4) is 0 Å². The van der Waals surface area contributed by atoms with Crippen LogP contribution in [0, 0.1) is 0 Å². The van der Waals surface area contributed by atoms with Crippen molar-refractivity contribution in [1.82, 2.24) is 10.2 Å². The quantitative estimate of drug-likeness (QED) is 0.529. The Morgan fingerprint density at radius 1 is 1.05 bits per heavy atom. The Bertz CT molecular complexity index is 277. The second kappa shape index (κ2) is 14.3. The van der Waals surface area contributed by atoms with Crippen molar-refractivity contribution in [3.63, 3.8) is 0 Å². The molecule has 1 atom stereocenters. The second-order valence-corrected chi connectivity index (χ2v) is 6.27. The molecule has 1 rings (SSSR count). The van der Waals surface area contributed by atoms with Gasteiger partial charge in [0.15, 0.2) is 6.17 Å². The van der Waals surface area contributed by atoms with Crippen LogP contribution in [0.4, 0.5) is 0 Å². The maximum absolute atomic E-state index is 11.1. The van der Waals surface area contributed by atoms with Crippen molar-refractivity contribution in [1.29, 1.82) is 0 Å². The molecule has 0 aromatic carbocycles. The molecule has 1 saturated heterocycles. The van der Waals surface area contributed by atoms with Crippen LogP contribution in [-0.2, 0) is 4.79 Å². The number of hydrogen-bond acceptors (Lipinski definition) is 3. The molecule has 4 nitrogen and oxygen atoms in total. The summed E-state index contributed by atoms with van der Waals surface area (Å²) < 4.78 is 0. The molecular formula is C17H35ClN2O2. The highest BCUT2D eigenvalue weighted by Gasteiger charge is 2.26. The lowest BCUT2D eigenvalue weighted by Gasteiger charge is -2.33. The SMILES string of the molecule is CCCCCCCCCCCCN1CCCNC1C(=O)O.Cl. The van der Waals surface area contributed by atoms with Gasteiger partial charge in [0.2, 0.25) is 0 Å². The summed E-state index contributed by atoms with van der Waals surface area (Å²) in [5.74, 6) is -0.734. The minimum absolute atomic E-state index is 0. The van der Waals surface area contributed by atoms with Crippen LogP contribution in [0.25, 0.3) is 0 Å². The van der Waals surface area contributed by atoms with Crippen LogP contribution in [0.2, 0.25) is 0 Å². The monoisotopic (exact) mass is 334 g/mol. The van der Waals surface area contributed by atoms with Gasteiger partial charge in [0.25, 0.3) is 0 Å². The van der Waals surface area contributed by atoms with E-state index in [1.54, 1.807) is 0 Å². The summed E-state index contributed by atoms with van der Waals surface area (Å²) >= 11 is 0. The third kappa shape index (κ3) is 9.65. The maximum atomic E-state index is 11.1. The maximum Gasteiger partial charge on any atom is 0.335 e. The molecule has 0 saturated carbocycles. The van der Waals surface area contributed by atoms with Crippen molar-refractivity contribution in [2.45, 2.75) is 83.7 Å². The Hall–Kier alpha value is -0.320. The summed E-state index contributed by atoms with van der Waals surface area (Å²) in [4.78, 5) is 13.2. The predicted octanol–water partition coefficient (Wildman–Crippen LogP) is 4.04. The van der Waals surface area contributed by atoms with E-state index in [9.17, 15) is 4.79 Å². The molecule has 0 bridgehead atoms. The number of aliphatic carboxylic acids is 1. The largest absolute Gasteiger partial charge is 0.479 e. The summed E-state index contributed by atoms with van der Waals surface area (Å²) in [6.45, 7) is 4.92. The number of nitrogens with one attached hydrogen (secondary N) is 1.